The zero-order valence-corrected chi connectivity index (χ0v) is 20.1. The number of halogens is 2. The van der Waals surface area contributed by atoms with Crippen LogP contribution in [-0.2, 0) is 28.2 Å². The Morgan fingerprint density at radius 3 is 2.74 bits per heavy atom. The Morgan fingerprint density at radius 1 is 1.14 bits per heavy atom. The molecular formula is C29H30F2N2O2. The van der Waals surface area contributed by atoms with E-state index in [1.54, 1.807) is 0 Å². The summed E-state index contributed by atoms with van der Waals surface area (Å²) in [6.07, 6.45) is 1.45. The van der Waals surface area contributed by atoms with E-state index in [-0.39, 0.29) is 11.8 Å². The van der Waals surface area contributed by atoms with E-state index < -0.39 is 17.2 Å². The highest BCUT2D eigenvalue weighted by Gasteiger charge is 2.49. The van der Waals surface area contributed by atoms with Crippen LogP contribution in [0.15, 0.2) is 54.6 Å². The predicted molar refractivity (Wildman–Crippen MR) is 132 cm³/mol. The minimum atomic E-state index is -0.826. The summed E-state index contributed by atoms with van der Waals surface area (Å²) in [6.45, 7) is 5.97. The molecule has 2 aliphatic rings. The summed E-state index contributed by atoms with van der Waals surface area (Å²) in [4.78, 5) is 11.3. The van der Waals surface area contributed by atoms with Crippen LogP contribution in [-0.4, -0.2) is 25.5 Å². The maximum Gasteiger partial charge on any atom is 0.216 e. The van der Waals surface area contributed by atoms with Crippen LogP contribution in [0.4, 0.5) is 8.78 Å². The van der Waals surface area contributed by atoms with Gasteiger partial charge in [0.1, 0.15) is 5.60 Å². The number of carbonyl (C=O) groups is 1. The fourth-order valence-corrected chi connectivity index (χ4v) is 5.73. The number of ether oxygens (including phenoxy) is 1. The fraction of sp³-hybridized carbons (Fsp3) is 0.345. The van der Waals surface area contributed by atoms with E-state index in [1.165, 1.54) is 24.6 Å². The quantitative estimate of drug-likeness (QED) is 0.537. The van der Waals surface area contributed by atoms with Gasteiger partial charge in [0.25, 0.3) is 0 Å². The van der Waals surface area contributed by atoms with Gasteiger partial charge in [-0.3, -0.25) is 4.79 Å². The van der Waals surface area contributed by atoms with Crippen molar-refractivity contribution in [1.29, 1.82) is 0 Å². The topological polar surface area (TPSA) is 50.4 Å². The first-order valence-corrected chi connectivity index (χ1v) is 12.2. The van der Waals surface area contributed by atoms with Gasteiger partial charge < -0.3 is 15.4 Å². The van der Waals surface area contributed by atoms with Gasteiger partial charge in [-0.25, -0.2) is 8.78 Å². The smallest absolute Gasteiger partial charge is 0.216 e. The average Bonchev–Trinajstić information content (AvgIpc) is 3.17. The van der Waals surface area contributed by atoms with Crippen molar-refractivity contribution in [3.63, 3.8) is 0 Å². The largest absolute Gasteiger partial charge is 0.365 e. The van der Waals surface area contributed by atoms with Crippen LogP contribution in [0, 0.1) is 18.6 Å². The number of nitrogens with one attached hydrogen (secondary N) is 2. The van der Waals surface area contributed by atoms with Gasteiger partial charge in [0.15, 0.2) is 11.6 Å². The summed E-state index contributed by atoms with van der Waals surface area (Å²) in [5.41, 5.74) is 6.55. The maximum atomic E-state index is 14.3. The number of aryl methyl sites for hydroxylation is 1. The predicted octanol–water partition coefficient (Wildman–Crippen LogP) is 5.12. The zero-order valence-electron chi connectivity index (χ0n) is 20.1. The molecule has 2 N–H and O–H groups in total. The first-order valence-electron chi connectivity index (χ1n) is 12.2. The van der Waals surface area contributed by atoms with E-state index in [2.05, 4.69) is 47.9 Å². The molecule has 1 spiro atoms. The number of carbonyl (C=O) groups excluding carboxylic acids is 1. The molecule has 2 aliphatic heterocycles. The summed E-state index contributed by atoms with van der Waals surface area (Å²) in [6, 6.07) is 17.3. The fourth-order valence-electron chi connectivity index (χ4n) is 5.73. The van der Waals surface area contributed by atoms with Gasteiger partial charge in [0, 0.05) is 25.9 Å². The SMILES string of the molecule is CC(=O)NCCc1ccccc1-c1ccc([C@H]2CNCC[C@@]23OCc2cc(F)c(F)cc23)c(C)c1. The molecule has 0 aromatic heterocycles. The minimum Gasteiger partial charge on any atom is -0.365 e. The van der Waals surface area contributed by atoms with Crippen molar-refractivity contribution in [2.24, 2.45) is 0 Å². The summed E-state index contributed by atoms with van der Waals surface area (Å²) in [7, 11) is 0. The Bertz CT molecular complexity index is 1280. The Kier molecular flexibility index (Phi) is 6.43. The van der Waals surface area contributed by atoms with Crippen LogP contribution in [0.1, 0.15) is 47.1 Å². The molecule has 0 radical (unpaired) electrons. The minimum absolute atomic E-state index is 0.0218. The van der Waals surface area contributed by atoms with Gasteiger partial charge in [0.2, 0.25) is 5.91 Å². The standard InChI is InChI=1S/C29H30F2N2O2/c1-18-13-21(24-6-4-3-5-20(24)9-11-33-19(2)34)7-8-23(18)26-16-32-12-10-29(26)25-15-28(31)27(30)14-22(25)17-35-29/h3-8,13-15,26,32H,9-12,16-17H2,1-2H3,(H,33,34)/t26-,29+/m1/s1. The molecule has 1 fully saturated rings. The van der Waals surface area contributed by atoms with Gasteiger partial charge in [0.05, 0.1) is 6.61 Å². The monoisotopic (exact) mass is 476 g/mol. The summed E-state index contributed by atoms with van der Waals surface area (Å²) < 4.78 is 34.5. The molecule has 6 heteroatoms. The van der Waals surface area contributed by atoms with Gasteiger partial charge in [-0.05, 0) is 77.4 Å². The highest BCUT2D eigenvalue weighted by atomic mass is 19.2. The van der Waals surface area contributed by atoms with Crippen molar-refractivity contribution in [3.8, 4) is 11.1 Å². The summed E-state index contributed by atoms with van der Waals surface area (Å²) in [5.74, 6) is -1.70. The molecule has 0 bridgehead atoms. The number of fused-ring (bicyclic) bond motifs is 2. The molecule has 2 heterocycles. The van der Waals surface area contributed by atoms with E-state index in [4.69, 9.17) is 4.74 Å². The van der Waals surface area contributed by atoms with Crippen molar-refractivity contribution in [3.05, 3.63) is 94.0 Å². The second-order valence-electron chi connectivity index (χ2n) is 9.57. The zero-order chi connectivity index (χ0) is 24.6. The third-order valence-corrected chi connectivity index (χ3v) is 7.41. The Hall–Kier alpha value is -3.09. The van der Waals surface area contributed by atoms with E-state index in [9.17, 15) is 13.6 Å². The Balaban J connectivity index is 1.49. The van der Waals surface area contributed by atoms with Crippen LogP contribution in [0.2, 0.25) is 0 Å². The molecule has 2 atom stereocenters. The van der Waals surface area contributed by atoms with Crippen molar-refractivity contribution in [2.45, 2.75) is 44.8 Å². The molecule has 1 saturated heterocycles. The molecule has 1 amide bonds. The second-order valence-corrected chi connectivity index (χ2v) is 9.57. The number of piperidine rings is 1. The normalized spacial score (nSPS) is 21.2. The second kappa shape index (κ2) is 9.51. The van der Waals surface area contributed by atoms with Crippen LogP contribution >= 0.6 is 0 Å². The van der Waals surface area contributed by atoms with E-state index in [1.807, 2.05) is 12.1 Å². The van der Waals surface area contributed by atoms with Gasteiger partial charge in [-0.1, -0.05) is 42.5 Å². The van der Waals surface area contributed by atoms with Crippen molar-refractivity contribution in [2.75, 3.05) is 19.6 Å². The number of rotatable bonds is 5. The van der Waals surface area contributed by atoms with Gasteiger partial charge in [-0.15, -0.1) is 0 Å². The third kappa shape index (κ3) is 4.37. The molecule has 0 unspecified atom stereocenters. The van der Waals surface area contributed by atoms with Crippen molar-refractivity contribution < 1.29 is 18.3 Å². The lowest BCUT2D eigenvalue weighted by atomic mass is 9.72. The lowest BCUT2D eigenvalue weighted by Crippen LogP contribution is -2.46. The number of amides is 1. The van der Waals surface area contributed by atoms with E-state index in [0.29, 0.717) is 26.1 Å². The van der Waals surface area contributed by atoms with Crippen LogP contribution in [0.3, 0.4) is 0 Å². The lowest BCUT2D eigenvalue weighted by molar-refractivity contribution is -0.118. The summed E-state index contributed by atoms with van der Waals surface area (Å²) >= 11 is 0. The lowest BCUT2D eigenvalue weighted by Gasteiger charge is -2.42. The number of benzene rings is 3. The number of hydrogen-bond acceptors (Lipinski definition) is 3. The van der Waals surface area contributed by atoms with Gasteiger partial charge in [-0.2, -0.15) is 0 Å². The molecule has 4 nitrogen and oxygen atoms in total. The Labute approximate surface area is 204 Å². The molecule has 3 aromatic carbocycles. The first-order chi connectivity index (χ1) is 16.9. The third-order valence-electron chi connectivity index (χ3n) is 7.41. The van der Waals surface area contributed by atoms with Crippen LogP contribution in [0.25, 0.3) is 11.1 Å². The maximum absolute atomic E-state index is 14.3. The Morgan fingerprint density at radius 2 is 1.94 bits per heavy atom. The van der Waals surface area contributed by atoms with Crippen LogP contribution in [0.5, 0.6) is 0 Å². The first kappa shape index (κ1) is 23.6. The highest BCUT2D eigenvalue weighted by Crippen LogP contribution is 2.51. The molecule has 182 valence electrons. The van der Waals surface area contributed by atoms with Crippen LogP contribution < -0.4 is 10.6 Å². The highest BCUT2D eigenvalue weighted by molar-refractivity contribution is 5.73. The van der Waals surface area contributed by atoms with E-state index >= 15 is 0 Å². The molecular weight excluding hydrogens is 446 g/mol. The van der Waals surface area contributed by atoms with E-state index in [0.717, 1.165) is 46.3 Å². The van der Waals surface area contributed by atoms with Crippen molar-refractivity contribution in [1.82, 2.24) is 10.6 Å². The van der Waals surface area contributed by atoms with Crippen molar-refractivity contribution >= 4 is 5.91 Å². The average molecular weight is 477 g/mol. The molecule has 0 aliphatic carbocycles. The molecule has 35 heavy (non-hydrogen) atoms. The number of hydrogen-bond donors (Lipinski definition) is 2. The summed E-state index contributed by atoms with van der Waals surface area (Å²) in [5, 5.41) is 6.34. The van der Waals surface area contributed by atoms with Gasteiger partial charge >= 0.3 is 0 Å². The molecule has 0 saturated carbocycles. The molecule has 3 aromatic rings. The molecule has 5 rings (SSSR count).